The van der Waals surface area contributed by atoms with Crippen molar-refractivity contribution in [3.8, 4) is 0 Å². The minimum atomic E-state index is -0.412. The Morgan fingerprint density at radius 2 is 1.88 bits per heavy atom. The van der Waals surface area contributed by atoms with E-state index in [0.717, 1.165) is 6.42 Å². The molecule has 0 spiro atoms. The van der Waals surface area contributed by atoms with Crippen LogP contribution in [0, 0.1) is 0 Å². The largest absolute Gasteiger partial charge is 0.332 e. The molecule has 0 unspecified atom stereocenters. The van der Waals surface area contributed by atoms with E-state index in [4.69, 9.17) is 11.6 Å². The van der Waals surface area contributed by atoms with Crippen LogP contribution in [-0.4, -0.2) is 23.9 Å². The number of carbonyl (C=O) groups excluding carboxylic acids is 1. The lowest BCUT2D eigenvalue weighted by Gasteiger charge is -2.14. The highest BCUT2D eigenvalue weighted by Crippen LogP contribution is 2.19. The van der Waals surface area contributed by atoms with Crippen LogP contribution in [0.25, 0.3) is 10.8 Å². The topological polar surface area (TPSA) is 20.3 Å². The second kappa shape index (κ2) is 5.19. The highest BCUT2D eigenvalue weighted by atomic mass is 35.5. The van der Waals surface area contributed by atoms with Gasteiger partial charge in [0.2, 0.25) is 0 Å². The molecule has 0 radical (unpaired) electrons. The highest BCUT2D eigenvalue weighted by molar-refractivity contribution is 6.62. The summed E-state index contributed by atoms with van der Waals surface area (Å²) in [5.41, 5.74) is 1.24. The number of likely N-dealkylation sites (N-methyl/N-ethyl adjacent to an activating group) is 1. The normalized spacial score (nSPS) is 10.5. The number of hydrogen-bond acceptors (Lipinski definition) is 1. The minimum absolute atomic E-state index is 0.412. The molecule has 0 aliphatic carbocycles. The third-order valence-electron chi connectivity index (χ3n) is 2.90. The van der Waals surface area contributed by atoms with Crippen molar-refractivity contribution in [3.63, 3.8) is 0 Å². The molecule has 88 valence electrons. The van der Waals surface area contributed by atoms with Crippen LogP contribution in [0.2, 0.25) is 0 Å². The molecular formula is C14H14ClNO. The monoisotopic (exact) mass is 247 g/mol. The summed E-state index contributed by atoms with van der Waals surface area (Å²) in [5.74, 6) is 0. The lowest BCUT2D eigenvalue weighted by Crippen LogP contribution is -2.23. The van der Waals surface area contributed by atoms with E-state index in [1.807, 2.05) is 18.2 Å². The van der Waals surface area contributed by atoms with Gasteiger partial charge in [0.15, 0.2) is 0 Å². The van der Waals surface area contributed by atoms with Crippen molar-refractivity contribution in [3.05, 3.63) is 48.0 Å². The van der Waals surface area contributed by atoms with E-state index in [1.165, 1.54) is 21.2 Å². The number of fused-ring (bicyclic) bond motifs is 1. The number of hydrogen-bond donors (Lipinski definition) is 0. The Balaban J connectivity index is 2.21. The maximum atomic E-state index is 10.9. The van der Waals surface area contributed by atoms with E-state index < -0.39 is 5.37 Å². The summed E-state index contributed by atoms with van der Waals surface area (Å²) in [4.78, 5) is 12.4. The standard InChI is InChI=1S/C14H14ClNO/c1-16(14(15)17)10-9-12-7-4-6-11-5-2-3-8-13(11)12/h2-8H,9-10H2,1H3. The first-order chi connectivity index (χ1) is 8.18. The van der Waals surface area contributed by atoms with Crippen molar-refractivity contribution in [2.24, 2.45) is 0 Å². The summed E-state index contributed by atoms with van der Waals surface area (Å²) < 4.78 is 0. The van der Waals surface area contributed by atoms with Gasteiger partial charge in [-0.25, -0.2) is 0 Å². The van der Waals surface area contributed by atoms with Gasteiger partial charge in [0.25, 0.3) is 0 Å². The molecule has 0 saturated heterocycles. The molecule has 0 fully saturated rings. The third kappa shape index (κ3) is 2.77. The Hall–Kier alpha value is -1.54. The van der Waals surface area contributed by atoms with Gasteiger partial charge in [-0.15, -0.1) is 0 Å². The Kier molecular flexibility index (Phi) is 3.64. The molecule has 0 bridgehead atoms. The fourth-order valence-electron chi connectivity index (χ4n) is 1.89. The van der Waals surface area contributed by atoms with E-state index in [1.54, 1.807) is 7.05 Å². The molecule has 0 heterocycles. The zero-order chi connectivity index (χ0) is 12.3. The summed E-state index contributed by atoms with van der Waals surface area (Å²) in [7, 11) is 1.71. The maximum Gasteiger partial charge on any atom is 0.316 e. The summed E-state index contributed by atoms with van der Waals surface area (Å²) in [6.45, 7) is 0.635. The van der Waals surface area contributed by atoms with Crippen LogP contribution in [0.15, 0.2) is 42.5 Å². The zero-order valence-electron chi connectivity index (χ0n) is 9.69. The van der Waals surface area contributed by atoms with E-state index in [-0.39, 0.29) is 0 Å². The zero-order valence-corrected chi connectivity index (χ0v) is 10.4. The molecule has 0 aliphatic rings. The second-order valence-corrected chi connectivity index (χ2v) is 4.39. The summed E-state index contributed by atoms with van der Waals surface area (Å²) in [6.07, 6.45) is 0.816. The van der Waals surface area contributed by atoms with Crippen molar-refractivity contribution < 1.29 is 4.79 Å². The number of rotatable bonds is 3. The van der Waals surface area contributed by atoms with Gasteiger partial charge >= 0.3 is 5.37 Å². The molecule has 2 rings (SSSR count). The predicted octanol–water partition coefficient (Wildman–Crippen LogP) is 3.67. The van der Waals surface area contributed by atoms with Crippen LogP contribution in [0.5, 0.6) is 0 Å². The lowest BCUT2D eigenvalue weighted by molar-refractivity contribution is 0.232. The summed E-state index contributed by atoms with van der Waals surface area (Å²) in [6, 6.07) is 14.5. The minimum Gasteiger partial charge on any atom is -0.332 e. The molecule has 1 amide bonds. The van der Waals surface area contributed by atoms with Crippen LogP contribution in [-0.2, 0) is 6.42 Å². The molecule has 0 aliphatic heterocycles. The van der Waals surface area contributed by atoms with E-state index in [0.29, 0.717) is 6.54 Å². The van der Waals surface area contributed by atoms with Gasteiger partial charge in [0, 0.05) is 13.6 Å². The van der Waals surface area contributed by atoms with Crippen LogP contribution in [0.4, 0.5) is 4.79 Å². The van der Waals surface area contributed by atoms with Gasteiger partial charge in [-0.3, -0.25) is 4.79 Å². The van der Waals surface area contributed by atoms with Crippen molar-refractivity contribution in [1.82, 2.24) is 4.90 Å². The number of carbonyl (C=O) groups is 1. The second-order valence-electron chi connectivity index (χ2n) is 4.06. The van der Waals surface area contributed by atoms with E-state index in [2.05, 4.69) is 24.3 Å². The van der Waals surface area contributed by atoms with E-state index in [9.17, 15) is 4.79 Å². The van der Waals surface area contributed by atoms with Crippen LogP contribution in [0.3, 0.4) is 0 Å². The Bertz CT molecular complexity index is 533. The lowest BCUT2D eigenvalue weighted by atomic mass is 10.0. The van der Waals surface area contributed by atoms with Gasteiger partial charge in [-0.05, 0) is 34.4 Å². The molecule has 0 saturated carbocycles. The van der Waals surface area contributed by atoms with Crippen LogP contribution >= 0.6 is 11.6 Å². The quantitative estimate of drug-likeness (QED) is 0.599. The Labute approximate surface area is 106 Å². The van der Waals surface area contributed by atoms with Gasteiger partial charge in [-0.2, -0.15) is 0 Å². The third-order valence-corrected chi connectivity index (χ3v) is 3.19. The van der Waals surface area contributed by atoms with Crippen molar-refractivity contribution in [1.29, 1.82) is 0 Å². The highest BCUT2D eigenvalue weighted by Gasteiger charge is 2.06. The molecular weight excluding hydrogens is 234 g/mol. The first-order valence-corrected chi connectivity index (χ1v) is 5.93. The predicted molar refractivity (Wildman–Crippen MR) is 71.5 cm³/mol. The van der Waals surface area contributed by atoms with Gasteiger partial charge < -0.3 is 4.90 Å². The van der Waals surface area contributed by atoms with Crippen LogP contribution < -0.4 is 0 Å². The summed E-state index contributed by atoms with van der Waals surface area (Å²) >= 11 is 5.40. The maximum absolute atomic E-state index is 10.9. The van der Waals surface area contributed by atoms with E-state index >= 15 is 0 Å². The van der Waals surface area contributed by atoms with Crippen molar-refractivity contribution in [2.75, 3.05) is 13.6 Å². The SMILES string of the molecule is CN(CCc1cccc2ccccc12)C(=O)Cl. The molecule has 0 aromatic heterocycles. The number of nitrogens with zero attached hydrogens (tertiary/aromatic N) is 1. The average Bonchev–Trinajstić information content (AvgIpc) is 2.35. The molecule has 0 atom stereocenters. The first kappa shape index (κ1) is 11.9. The molecule has 3 heteroatoms. The first-order valence-electron chi connectivity index (χ1n) is 5.56. The van der Waals surface area contributed by atoms with Crippen molar-refractivity contribution >= 4 is 27.7 Å². The van der Waals surface area contributed by atoms with Crippen LogP contribution in [0.1, 0.15) is 5.56 Å². The fraction of sp³-hybridized carbons (Fsp3) is 0.214. The van der Waals surface area contributed by atoms with Gasteiger partial charge in [0.1, 0.15) is 0 Å². The molecule has 2 aromatic rings. The Morgan fingerprint density at radius 1 is 1.18 bits per heavy atom. The van der Waals surface area contributed by atoms with Gasteiger partial charge in [0.05, 0.1) is 0 Å². The Morgan fingerprint density at radius 3 is 2.65 bits per heavy atom. The number of halogens is 1. The molecule has 2 aromatic carbocycles. The summed E-state index contributed by atoms with van der Waals surface area (Å²) in [5, 5.41) is 2.06. The van der Waals surface area contributed by atoms with Gasteiger partial charge in [-0.1, -0.05) is 42.5 Å². The molecule has 0 N–H and O–H groups in total. The number of benzene rings is 2. The molecule has 17 heavy (non-hydrogen) atoms. The average molecular weight is 248 g/mol. The fourth-order valence-corrected chi connectivity index (χ4v) is 1.97. The van der Waals surface area contributed by atoms with Crippen molar-refractivity contribution in [2.45, 2.75) is 6.42 Å². The number of amides is 1. The smallest absolute Gasteiger partial charge is 0.316 e. The molecule has 2 nitrogen and oxygen atoms in total.